The first-order chi connectivity index (χ1) is 8.91. The Balaban J connectivity index is 2.08. The molecule has 0 bridgehead atoms. The van der Waals surface area contributed by atoms with E-state index < -0.39 is 5.60 Å². The highest BCUT2D eigenvalue weighted by Gasteiger charge is 2.31. The highest BCUT2D eigenvalue weighted by molar-refractivity contribution is 5.97. The van der Waals surface area contributed by atoms with Gasteiger partial charge in [-0.3, -0.25) is 4.79 Å². The summed E-state index contributed by atoms with van der Waals surface area (Å²) in [5, 5.41) is 13.1. The molecule has 0 heterocycles. The standard InChI is InChI=1S/C16H23NO2/c1-11-8-12(2)14(13(3)9-11)15(18)17-10-16(19)6-4-5-7-16/h8-9,19H,4-7,10H2,1-3H3,(H,17,18). The first-order valence-electron chi connectivity index (χ1n) is 7.00. The Labute approximate surface area is 115 Å². The van der Waals surface area contributed by atoms with Crippen molar-refractivity contribution in [1.82, 2.24) is 5.32 Å². The van der Waals surface area contributed by atoms with Crippen molar-refractivity contribution in [3.8, 4) is 0 Å². The fourth-order valence-electron chi connectivity index (χ4n) is 3.08. The third-order valence-corrected chi connectivity index (χ3v) is 4.02. The second kappa shape index (κ2) is 5.33. The maximum absolute atomic E-state index is 12.3. The monoisotopic (exact) mass is 261 g/mol. The smallest absolute Gasteiger partial charge is 0.251 e. The summed E-state index contributed by atoms with van der Waals surface area (Å²) in [6.45, 7) is 6.31. The van der Waals surface area contributed by atoms with E-state index in [1.54, 1.807) is 0 Å². The minimum atomic E-state index is -0.692. The number of carbonyl (C=O) groups is 1. The number of hydrogen-bond acceptors (Lipinski definition) is 2. The fourth-order valence-corrected chi connectivity index (χ4v) is 3.08. The molecular weight excluding hydrogens is 238 g/mol. The molecule has 0 aliphatic heterocycles. The minimum absolute atomic E-state index is 0.0738. The van der Waals surface area contributed by atoms with Crippen molar-refractivity contribution in [3.63, 3.8) is 0 Å². The normalized spacial score (nSPS) is 17.5. The van der Waals surface area contributed by atoms with Gasteiger partial charge >= 0.3 is 0 Å². The number of hydrogen-bond donors (Lipinski definition) is 2. The first-order valence-corrected chi connectivity index (χ1v) is 7.00. The van der Waals surface area contributed by atoms with Gasteiger partial charge in [-0.1, -0.05) is 30.5 Å². The summed E-state index contributed by atoms with van der Waals surface area (Å²) < 4.78 is 0. The molecule has 0 saturated heterocycles. The zero-order valence-corrected chi connectivity index (χ0v) is 12.0. The second-order valence-corrected chi connectivity index (χ2v) is 5.89. The molecule has 1 aromatic rings. The van der Waals surface area contributed by atoms with Crippen molar-refractivity contribution in [2.24, 2.45) is 0 Å². The van der Waals surface area contributed by atoms with Gasteiger partial charge in [0.1, 0.15) is 0 Å². The lowest BCUT2D eigenvalue weighted by Crippen LogP contribution is -2.41. The molecule has 1 saturated carbocycles. The molecule has 19 heavy (non-hydrogen) atoms. The number of rotatable bonds is 3. The predicted octanol–water partition coefficient (Wildman–Crippen LogP) is 2.65. The van der Waals surface area contributed by atoms with E-state index in [9.17, 15) is 9.90 Å². The van der Waals surface area contributed by atoms with Crippen LogP contribution in [0.25, 0.3) is 0 Å². The average Bonchev–Trinajstić information content (AvgIpc) is 2.73. The van der Waals surface area contributed by atoms with Gasteiger partial charge in [0.15, 0.2) is 0 Å². The third kappa shape index (κ3) is 3.16. The Morgan fingerprint density at radius 2 is 1.74 bits per heavy atom. The lowest BCUT2D eigenvalue weighted by atomic mass is 9.98. The highest BCUT2D eigenvalue weighted by atomic mass is 16.3. The summed E-state index contributed by atoms with van der Waals surface area (Å²) in [5.74, 6) is -0.0738. The molecule has 0 atom stereocenters. The van der Waals surface area contributed by atoms with Crippen molar-refractivity contribution >= 4 is 5.91 Å². The zero-order chi connectivity index (χ0) is 14.0. The second-order valence-electron chi connectivity index (χ2n) is 5.89. The fraction of sp³-hybridized carbons (Fsp3) is 0.562. The van der Waals surface area contributed by atoms with Crippen LogP contribution in [0.4, 0.5) is 0 Å². The van der Waals surface area contributed by atoms with Crippen molar-refractivity contribution in [2.45, 2.75) is 52.1 Å². The Bertz CT molecular complexity index is 465. The van der Waals surface area contributed by atoms with Gasteiger partial charge in [0.2, 0.25) is 0 Å². The Morgan fingerprint density at radius 3 is 2.26 bits per heavy atom. The molecule has 1 fully saturated rings. The van der Waals surface area contributed by atoms with Crippen LogP contribution in [0.5, 0.6) is 0 Å². The molecule has 1 amide bonds. The van der Waals surface area contributed by atoms with Crippen LogP contribution in [-0.4, -0.2) is 23.2 Å². The van der Waals surface area contributed by atoms with Gasteiger partial charge in [0.05, 0.1) is 5.60 Å². The van der Waals surface area contributed by atoms with Crippen LogP contribution < -0.4 is 5.32 Å². The van der Waals surface area contributed by atoms with Gasteiger partial charge in [-0.2, -0.15) is 0 Å². The van der Waals surface area contributed by atoms with E-state index >= 15 is 0 Å². The first kappa shape index (κ1) is 14.1. The number of carbonyl (C=O) groups excluding carboxylic acids is 1. The molecule has 0 spiro atoms. The maximum Gasteiger partial charge on any atom is 0.251 e. The minimum Gasteiger partial charge on any atom is -0.388 e. The lowest BCUT2D eigenvalue weighted by molar-refractivity contribution is 0.0449. The summed E-state index contributed by atoms with van der Waals surface area (Å²) in [7, 11) is 0. The molecule has 3 nitrogen and oxygen atoms in total. The van der Waals surface area contributed by atoms with Crippen LogP contribution in [0, 0.1) is 20.8 Å². The molecule has 1 aliphatic carbocycles. The van der Waals surface area contributed by atoms with Gasteiger partial charge < -0.3 is 10.4 Å². The van der Waals surface area contributed by atoms with Crippen LogP contribution in [0.1, 0.15) is 52.7 Å². The molecular formula is C16H23NO2. The highest BCUT2D eigenvalue weighted by Crippen LogP contribution is 2.28. The van der Waals surface area contributed by atoms with Crippen LogP contribution in [-0.2, 0) is 0 Å². The largest absolute Gasteiger partial charge is 0.388 e. The number of nitrogens with one attached hydrogen (secondary N) is 1. The molecule has 0 aromatic heterocycles. The third-order valence-electron chi connectivity index (χ3n) is 4.02. The van der Waals surface area contributed by atoms with Gasteiger partial charge in [0.25, 0.3) is 5.91 Å². The van der Waals surface area contributed by atoms with Crippen LogP contribution in [0.2, 0.25) is 0 Å². The molecule has 104 valence electrons. The van der Waals surface area contributed by atoms with E-state index in [1.807, 2.05) is 32.9 Å². The summed E-state index contributed by atoms with van der Waals surface area (Å²) in [4.78, 5) is 12.3. The number of benzene rings is 1. The van der Waals surface area contributed by atoms with Gasteiger partial charge in [-0.25, -0.2) is 0 Å². The van der Waals surface area contributed by atoms with E-state index in [1.165, 1.54) is 5.56 Å². The molecule has 1 aromatic carbocycles. The van der Waals surface area contributed by atoms with E-state index in [0.29, 0.717) is 6.54 Å². The molecule has 0 unspecified atom stereocenters. The molecule has 2 rings (SSSR count). The molecule has 3 heteroatoms. The van der Waals surface area contributed by atoms with Crippen molar-refractivity contribution in [2.75, 3.05) is 6.54 Å². The quantitative estimate of drug-likeness (QED) is 0.878. The number of aryl methyl sites for hydroxylation is 3. The van der Waals surface area contributed by atoms with Crippen LogP contribution in [0.3, 0.4) is 0 Å². The topological polar surface area (TPSA) is 49.3 Å². The summed E-state index contributed by atoms with van der Waals surface area (Å²) in [5.41, 5.74) is 3.21. The summed E-state index contributed by atoms with van der Waals surface area (Å²) in [6.07, 6.45) is 3.68. The lowest BCUT2D eigenvalue weighted by Gasteiger charge is -2.23. The van der Waals surface area contributed by atoms with E-state index in [2.05, 4.69) is 5.32 Å². The maximum atomic E-state index is 12.3. The Hall–Kier alpha value is -1.35. The van der Waals surface area contributed by atoms with Gasteiger partial charge in [0, 0.05) is 12.1 Å². The average molecular weight is 261 g/mol. The van der Waals surface area contributed by atoms with E-state index in [0.717, 1.165) is 42.4 Å². The van der Waals surface area contributed by atoms with E-state index in [4.69, 9.17) is 0 Å². The SMILES string of the molecule is Cc1cc(C)c(C(=O)NCC2(O)CCCC2)c(C)c1. The molecule has 2 N–H and O–H groups in total. The van der Waals surface area contributed by atoms with Gasteiger partial charge in [-0.05, 0) is 44.7 Å². The Kier molecular flexibility index (Phi) is 3.95. The van der Waals surface area contributed by atoms with Crippen molar-refractivity contribution in [3.05, 3.63) is 34.4 Å². The predicted molar refractivity (Wildman–Crippen MR) is 76.4 cm³/mol. The Morgan fingerprint density at radius 1 is 1.21 bits per heavy atom. The summed E-state index contributed by atoms with van der Waals surface area (Å²) >= 11 is 0. The molecule has 1 aliphatic rings. The van der Waals surface area contributed by atoms with Gasteiger partial charge in [-0.15, -0.1) is 0 Å². The number of aliphatic hydroxyl groups is 1. The van der Waals surface area contributed by atoms with Crippen molar-refractivity contribution in [1.29, 1.82) is 0 Å². The molecule has 0 radical (unpaired) electrons. The summed E-state index contributed by atoms with van der Waals surface area (Å²) in [6, 6.07) is 4.04. The number of amides is 1. The van der Waals surface area contributed by atoms with Crippen molar-refractivity contribution < 1.29 is 9.90 Å². The zero-order valence-electron chi connectivity index (χ0n) is 12.0. The van der Waals surface area contributed by atoms with E-state index in [-0.39, 0.29) is 5.91 Å². The van der Waals surface area contributed by atoms with Crippen LogP contribution >= 0.6 is 0 Å². The van der Waals surface area contributed by atoms with Crippen LogP contribution in [0.15, 0.2) is 12.1 Å².